The number of pyridine rings is 1. The minimum atomic E-state index is 0.634. The van der Waals surface area contributed by atoms with Crippen molar-refractivity contribution < 1.29 is 0 Å². The Labute approximate surface area is 107 Å². The van der Waals surface area contributed by atoms with Gasteiger partial charge >= 0.3 is 0 Å². The Hall–Kier alpha value is -2.34. The molecule has 1 heterocycles. The van der Waals surface area contributed by atoms with Crippen LogP contribution in [0.15, 0.2) is 42.7 Å². The molecule has 1 aromatic carbocycles. The molecule has 0 spiro atoms. The summed E-state index contributed by atoms with van der Waals surface area (Å²) in [4.78, 5) is 4.02. The number of benzene rings is 1. The number of nitrogens with one attached hydrogen (secondary N) is 1. The standard InChI is InChI=1S/C15H15N3/c1-12-3-2-4-13(9-12)5-8-18-15-11-17-7-6-14(15)10-16/h2-4,6-7,9,11,18H,5,8H2,1H3. The smallest absolute Gasteiger partial charge is 0.101 e. The zero-order chi connectivity index (χ0) is 12.8. The van der Waals surface area contributed by atoms with Gasteiger partial charge < -0.3 is 5.32 Å². The van der Waals surface area contributed by atoms with E-state index in [0.29, 0.717) is 5.56 Å². The van der Waals surface area contributed by atoms with Gasteiger partial charge in [-0.05, 0) is 25.0 Å². The molecule has 0 radical (unpaired) electrons. The van der Waals surface area contributed by atoms with E-state index in [-0.39, 0.29) is 0 Å². The van der Waals surface area contributed by atoms with Crippen molar-refractivity contribution in [3.05, 3.63) is 59.4 Å². The maximum atomic E-state index is 8.95. The second-order valence-corrected chi connectivity index (χ2v) is 4.20. The third-order valence-electron chi connectivity index (χ3n) is 2.75. The summed E-state index contributed by atoms with van der Waals surface area (Å²) in [6, 6.07) is 12.3. The summed E-state index contributed by atoms with van der Waals surface area (Å²) in [7, 11) is 0. The van der Waals surface area contributed by atoms with Gasteiger partial charge in [-0.1, -0.05) is 29.8 Å². The van der Waals surface area contributed by atoms with Gasteiger partial charge in [0.2, 0.25) is 0 Å². The number of aromatic nitrogens is 1. The van der Waals surface area contributed by atoms with Crippen molar-refractivity contribution in [3.8, 4) is 6.07 Å². The fourth-order valence-electron chi connectivity index (χ4n) is 1.84. The average molecular weight is 237 g/mol. The van der Waals surface area contributed by atoms with Crippen molar-refractivity contribution in [2.75, 3.05) is 11.9 Å². The molecule has 0 unspecified atom stereocenters. The molecule has 1 N–H and O–H groups in total. The summed E-state index contributed by atoms with van der Waals surface area (Å²) in [5, 5.41) is 12.2. The number of nitriles is 1. The second-order valence-electron chi connectivity index (χ2n) is 4.20. The summed E-state index contributed by atoms with van der Waals surface area (Å²) in [6.45, 7) is 2.88. The molecule has 0 saturated carbocycles. The zero-order valence-corrected chi connectivity index (χ0v) is 10.4. The van der Waals surface area contributed by atoms with E-state index in [9.17, 15) is 0 Å². The molecule has 0 saturated heterocycles. The summed E-state index contributed by atoms with van der Waals surface area (Å²) in [5.41, 5.74) is 4.00. The highest BCUT2D eigenvalue weighted by Crippen LogP contribution is 2.12. The Morgan fingerprint density at radius 2 is 2.22 bits per heavy atom. The second kappa shape index (κ2) is 5.83. The average Bonchev–Trinajstić information content (AvgIpc) is 2.39. The van der Waals surface area contributed by atoms with E-state index in [1.54, 1.807) is 18.5 Å². The fraction of sp³-hybridized carbons (Fsp3) is 0.200. The normalized spacial score (nSPS) is 9.78. The van der Waals surface area contributed by atoms with Gasteiger partial charge in [-0.25, -0.2) is 0 Å². The van der Waals surface area contributed by atoms with E-state index in [1.165, 1.54) is 11.1 Å². The lowest BCUT2D eigenvalue weighted by Crippen LogP contribution is -2.06. The van der Waals surface area contributed by atoms with Crippen molar-refractivity contribution in [2.45, 2.75) is 13.3 Å². The van der Waals surface area contributed by atoms with E-state index >= 15 is 0 Å². The van der Waals surface area contributed by atoms with Crippen LogP contribution in [0, 0.1) is 18.3 Å². The van der Waals surface area contributed by atoms with Crippen LogP contribution < -0.4 is 5.32 Å². The molecule has 90 valence electrons. The largest absolute Gasteiger partial charge is 0.382 e. The molecule has 0 amide bonds. The van der Waals surface area contributed by atoms with Crippen molar-refractivity contribution >= 4 is 5.69 Å². The molecule has 0 aliphatic heterocycles. The number of aryl methyl sites for hydroxylation is 1. The summed E-state index contributed by atoms with van der Waals surface area (Å²) < 4.78 is 0. The Morgan fingerprint density at radius 1 is 1.33 bits per heavy atom. The van der Waals surface area contributed by atoms with E-state index in [4.69, 9.17) is 5.26 Å². The van der Waals surface area contributed by atoms with E-state index in [0.717, 1.165) is 18.7 Å². The van der Waals surface area contributed by atoms with E-state index in [2.05, 4.69) is 47.6 Å². The molecule has 0 atom stereocenters. The fourth-order valence-corrected chi connectivity index (χ4v) is 1.84. The Morgan fingerprint density at radius 3 is 3.00 bits per heavy atom. The number of anilines is 1. The lowest BCUT2D eigenvalue weighted by atomic mass is 10.1. The summed E-state index contributed by atoms with van der Waals surface area (Å²) >= 11 is 0. The zero-order valence-electron chi connectivity index (χ0n) is 10.4. The number of hydrogen-bond donors (Lipinski definition) is 1. The lowest BCUT2D eigenvalue weighted by Gasteiger charge is -2.07. The number of rotatable bonds is 4. The molecule has 0 bridgehead atoms. The SMILES string of the molecule is Cc1cccc(CCNc2cnccc2C#N)c1. The van der Waals surface area contributed by atoms with Gasteiger partial charge in [-0.3, -0.25) is 4.98 Å². The molecule has 2 aromatic rings. The predicted molar refractivity (Wildman–Crippen MR) is 72.3 cm³/mol. The van der Waals surface area contributed by atoms with Crippen LogP contribution in [0.1, 0.15) is 16.7 Å². The third-order valence-corrected chi connectivity index (χ3v) is 2.75. The molecule has 3 heteroatoms. The first kappa shape index (κ1) is 12.1. The van der Waals surface area contributed by atoms with Gasteiger partial charge in [0.1, 0.15) is 6.07 Å². The highest BCUT2D eigenvalue weighted by molar-refractivity contribution is 5.55. The van der Waals surface area contributed by atoms with E-state index < -0.39 is 0 Å². The van der Waals surface area contributed by atoms with Crippen LogP contribution >= 0.6 is 0 Å². The molecule has 2 rings (SSSR count). The summed E-state index contributed by atoms with van der Waals surface area (Å²) in [5.74, 6) is 0. The van der Waals surface area contributed by atoms with Crippen molar-refractivity contribution in [1.29, 1.82) is 5.26 Å². The molecule has 0 fully saturated rings. The van der Waals surface area contributed by atoms with Gasteiger partial charge in [0.15, 0.2) is 0 Å². The van der Waals surface area contributed by atoms with Crippen molar-refractivity contribution in [2.24, 2.45) is 0 Å². The molecule has 1 aromatic heterocycles. The van der Waals surface area contributed by atoms with Crippen LogP contribution in [-0.4, -0.2) is 11.5 Å². The first-order chi connectivity index (χ1) is 8.79. The highest BCUT2D eigenvalue weighted by atomic mass is 14.9. The van der Waals surface area contributed by atoms with Gasteiger partial charge in [-0.2, -0.15) is 5.26 Å². The molecule has 0 aliphatic carbocycles. The minimum Gasteiger partial charge on any atom is -0.382 e. The lowest BCUT2D eigenvalue weighted by molar-refractivity contribution is 1.01. The van der Waals surface area contributed by atoms with Crippen LogP contribution in [0.3, 0.4) is 0 Å². The molecule has 3 nitrogen and oxygen atoms in total. The Kier molecular flexibility index (Phi) is 3.93. The van der Waals surface area contributed by atoms with Crippen LogP contribution in [0.4, 0.5) is 5.69 Å². The van der Waals surface area contributed by atoms with Crippen LogP contribution in [0.25, 0.3) is 0 Å². The van der Waals surface area contributed by atoms with Crippen LogP contribution in [-0.2, 0) is 6.42 Å². The Bertz CT molecular complexity index is 570. The summed E-state index contributed by atoms with van der Waals surface area (Å²) in [6.07, 6.45) is 4.25. The third kappa shape index (κ3) is 3.08. The van der Waals surface area contributed by atoms with Gasteiger partial charge in [0.05, 0.1) is 17.4 Å². The molecule has 18 heavy (non-hydrogen) atoms. The molecule has 0 aliphatic rings. The quantitative estimate of drug-likeness (QED) is 0.889. The monoisotopic (exact) mass is 237 g/mol. The van der Waals surface area contributed by atoms with Gasteiger partial charge in [0.25, 0.3) is 0 Å². The first-order valence-electron chi connectivity index (χ1n) is 5.93. The molecular weight excluding hydrogens is 222 g/mol. The maximum absolute atomic E-state index is 8.95. The minimum absolute atomic E-state index is 0.634. The predicted octanol–water partition coefficient (Wildman–Crippen LogP) is 2.92. The maximum Gasteiger partial charge on any atom is 0.101 e. The Balaban J connectivity index is 1.95. The van der Waals surface area contributed by atoms with Crippen molar-refractivity contribution in [1.82, 2.24) is 4.98 Å². The van der Waals surface area contributed by atoms with Crippen LogP contribution in [0.2, 0.25) is 0 Å². The van der Waals surface area contributed by atoms with Crippen molar-refractivity contribution in [3.63, 3.8) is 0 Å². The van der Waals surface area contributed by atoms with Crippen LogP contribution in [0.5, 0.6) is 0 Å². The van der Waals surface area contributed by atoms with E-state index in [1.807, 2.05) is 0 Å². The molecular formula is C15H15N3. The highest BCUT2D eigenvalue weighted by Gasteiger charge is 2.00. The first-order valence-corrected chi connectivity index (χ1v) is 5.93. The topological polar surface area (TPSA) is 48.7 Å². The van der Waals surface area contributed by atoms with Gasteiger partial charge in [-0.15, -0.1) is 0 Å². The number of hydrogen-bond acceptors (Lipinski definition) is 3. The van der Waals surface area contributed by atoms with Gasteiger partial charge in [0, 0.05) is 12.7 Å². The number of nitrogens with zero attached hydrogens (tertiary/aromatic N) is 2.